The van der Waals surface area contributed by atoms with Crippen molar-refractivity contribution in [3.63, 3.8) is 0 Å². The zero-order valence-corrected chi connectivity index (χ0v) is 23.7. The van der Waals surface area contributed by atoms with E-state index in [4.69, 9.17) is 46.4 Å². The number of rotatable bonds is 8. The molecule has 7 nitrogen and oxygen atoms in total. The largest absolute Gasteiger partial charge is 0.350 e. The molecule has 1 unspecified atom stereocenters. The number of carbonyl (C=O) groups is 2. The van der Waals surface area contributed by atoms with Gasteiger partial charge in [-0.2, -0.15) is 0 Å². The first-order chi connectivity index (χ1) is 16.0. The van der Waals surface area contributed by atoms with Crippen LogP contribution in [0.1, 0.15) is 33.3 Å². The molecule has 0 saturated carbocycles. The number of hydrogen-bond donors (Lipinski definition) is 1. The Morgan fingerprint density at radius 2 is 1.60 bits per heavy atom. The summed E-state index contributed by atoms with van der Waals surface area (Å²) >= 11 is 24.3. The number of hydrogen-bond acceptors (Lipinski definition) is 4. The summed E-state index contributed by atoms with van der Waals surface area (Å²) in [4.78, 5) is 27.8. The van der Waals surface area contributed by atoms with Gasteiger partial charge in [0.25, 0.3) is 0 Å². The Bertz CT molecular complexity index is 1220. The van der Waals surface area contributed by atoms with E-state index in [1.165, 1.54) is 23.1 Å². The van der Waals surface area contributed by atoms with Gasteiger partial charge < -0.3 is 10.2 Å². The molecule has 2 rings (SSSR count). The van der Waals surface area contributed by atoms with Crippen molar-refractivity contribution in [1.29, 1.82) is 0 Å². The molecule has 2 aromatic carbocycles. The van der Waals surface area contributed by atoms with Crippen molar-refractivity contribution in [2.75, 3.05) is 17.1 Å². The summed E-state index contributed by atoms with van der Waals surface area (Å²) in [6.45, 7) is 6.41. The number of halogens is 4. The maximum absolute atomic E-state index is 13.5. The average Bonchev–Trinajstić information content (AvgIpc) is 2.70. The summed E-state index contributed by atoms with van der Waals surface area (Å²) in [6, 6.07) is 8.18. The molecule has 0 radical (unpaired) electrons. The molecule has 35 heavy (non-hydrogen) atoms. The fourth-order valence-electron chi connectivity index (χ4n) is 3.17. The zero-order chi connectivity index (χ0) is 26.7. The summed E-state index contributed by atoms with van der Waals surface area (Å²) in [5.74, 6) is -1.02. The molecule has 0 heterocycles. The van der Waals surface area contributed by atoms with Gasteiger partial charge in [-0.3, -0.25) is 13.9 Å². The maximum atomic E-state index is 13.5. The average molecular weight is 583 g/mol. The van der Waals surface area contributed by atoms with Crippen LogP contribution in [0.3, 0.4) is 0 Å². The van der Waals surface area contributed by atoms with E-state index >= 15 is 0 Å². The molecule has 0 bridgehead atoms. The van der Waals surface area contributed by atoms with Crippen molar-refractivity contribution in [1.82, 2.24) is 10.2 Å². The summed E-state index contributed by atoms with van der Waals surface area (Å²) in [5, 5.41) is 3.84. The van der Waals surface area contributed by atoms with E-state index in [9.17, 15) is 18.0 Å². The van der Waals surface area contributed by atoms with E-state index in [1.807, 2.05) is 20.8 Å². The van der Waals surface area contributed by atoms with Crippen molar-refractivity contribution in [2.24, 2.45) is 0 Å². The van der Waals surface area contributed by atoms with Crippen LogP contribution in [0.5, 0.6) is 0 Å². The van der Waals surface area contributed by atoms with E-state index in [0.29, 0.717) is 15.6 Å². The Morgan fingerprint density at radius 3 is 2.11 bits per heavy atom. The molecule has 0 aliphatic heterocycles. The first kappa shape index (κ1) is 29.5. The summed E-state index contributed by atoms with van der Waals surface area (Å²) < 4.78 is 26.1. The second-order valence-corrected chi connectivity index (χ2v) is 12.6. The highest BCUT2D eigenvalue weighted by molar-refractivity contribution is 7.92. The molecule has 1 atom stereocenters. The van der Waals surface area contributed by atoms with Gasteiger partial charge in [-0.15, -0.1) is 0 Å². The second-order valence-electron chi connectivity index (χ2n) is 9.05. The van der Waals surface area contributed by atoms with Gasteiger partial charge in [0.05, 0.1) is 27.0 Å². The summed E-state index contributed by atoms with van der Waals surface area (Å²) in [5.41, 5.74) is 0.158. The van der Waals surface area contributed by atoms with Crippen molar-refractivity contribution < 1.29 is 18.0 Å². The molecular formula is C23H27Cl4N3O4S. The molecule has 0 spiro atoms. The molecule has 0 saturated heterocycles. The lowest BCUT2D eigenvalue weighted by Crippen LogP contribution is -2.54. The zero-order valence-electron chi connectivity index (χ0n) is 19.9. The normalized spacial score (nSPS) is 12.7. The SMILES string of the molecule is CC(C(=O)NC(C)(C)C)N(Cc1ccc(Cl)c(Cl)c1)C(=O)CN(c1ccc(Cl)cc1Cl)S(C)(=O)=O. The van der Waals surface area contributed by atoms with Crippen LogP contribution in [0.15, 0.2) is 36.4 Å². The van der Waals surface area contributed by atoms with Crippen molar-refractivity contribution in [3.05, 3.63) is 62.1 Å². The predicted octanol–water partition coefficient (Wildman–Crippen LogP) is 5.40. The third-order valence-corrected chi connectivity index (χ3v) is 7.26. The monoisotopic (exact) mass is 581 g/mol. The number of amides is 2. The van der Waals surface area contributed by atoms with Crippen LogP contribution in [0.25, 0.3) is 0 Å². The quantitative estimate of drug-likeness (QED) is 0.451. The van der Waals surface area contributed by atoms with Crippen molar-refractivity contribution in [2.45, 2.75) is 45.8 Å². The number of nitrogens with zero attached hydrogens (tertiary/aromatic N) is 2. The third kappa shape index (κ3) is 8.43. The van der Waals surface area contributed by atoms with E-state index in [2.05, 4.69) is 5.32 Å². The third-order valence-electron chi connectivity index (χ3n) is 4.86. The number of nitrogens with one attached hydrogen (secondary N) is 1. The molecule has 0 fully saturated rings. The highest BCUT2D eigenvalue weighted by atomic mass is 35.5. The molecule has 1 N–H and O–H groups in total. The molecule has 2 aromatic rings. The maximum Gasteiger partial charge on any atom is 0.244 e. The smallest absolute Gasteiger partial charge is 0.244 e. The van der Waals surface area contributed by atoms with Gasteiger partial charge in [-0.05, 0) is 63.6 Å². The molecule has 0 aromatic heterocycles. The summed E-state index contributed by atoms with van der Waals surface area (Å²) in [7, 11) is -3.92. The molecular weight excluding hydrogens is 556 g/mol. The molecule has 2 amide bonds. The van der Waals surface area contributed by atoms with Gasteiger partial charge in [0.2, 0.25) is 21.8 Å². The van der Waals surface area contributed by atoms with Crippen molar-refractivity contribution >= 4 is 73.9 Å². The molecule has 12 heteroatoms. The lowest BCUT2D eigenvalue weighted by atomic mass is 10.1. The number of benzene rings is 2. The van der Waals surface area contributed by atoms with Gasteiger partial charge in [0.1, 0.15) is 12.6 Å². The fourth-order valence-corrected chi connectivity index (χ4v) is 4.91. The molecule has 192 valence electrons. The fraction of sp³-hybridized carbons (Fsp3) is 0.391. The second kappa shape index (κ2) is 11.6. The highest BCUT2D eigenvalue weighted by Gasteiger charge is 2.32. The van der Waals surface area contributed by atoms with Gasteiger partial charge in [-0.25, -0.2) is 8.42 Å². The Balaban J connectivity index is 2.46. The standard InChI is InChI=1S/C23H27Cl4N3O4S/c1-14(22(32)28-23(2,3)4)29(12-15-6-8-17(25)18(26)10-15)21(31)13-30(35(5,33)34)20-9-7-16(24)11-19(20)27/h6-11,14H,12-13H2,1-5H3,(H,28,32). The minimum absolute atomic E-state index is 0.0135. The van der Waals surface area contributed by atoms with Gasteiger partial charge >= 0.3 is 0 Å². The van der Waals surface area contributed by atoms with Crippen LogP contribution in [0.2, 0.25) is 20.1 Å². The number of sulfonamides is 1. The summed E-state index contributed by atoms with van der Waals surface area (Å²) in [6.07, 6.45) is 0.963. The van der Waals surface area contributed by atoms with E-state index in [1.54, 1.807) is 25.1 Å². The van der Waals surface area contributed by atoms with Crippen LogP contribution < -0.4 is 9.62 Å². The lowest BCUT2D eigenvalue weighted by Gasteiger charge is -2.33. The van der Waals surface area contributed by atoms with E-state index < -0.39 is 40.0 Å². The highest BCUT2D eigenvalue weighted by Crippen LogP contribution is 2.31. The first-order valence-corrected chi connectivity index (χ1v) is 13.8. The van der Waals surface area contributed by atoms with Crippen molar-refractivity contribution in [3.8, 4) is 0 Å². The van der Waals surface area contributed by atoms with E-state index in [0.717, 1.165) is 10.6 Å². The lowest BCUT2D eigenvalue weighted by molar-refractivity contribution is -0.140. The van der Waals surface area contributed by atoms with Crippen LogP contribution in [-0.2, 0) is 26.2 Å². The van der Waals surface area contributed by atoms with Crippen LogP contribution in [0, 0.1) is 0 Å². The Morgan fingerprint density at radius 1 is 0.971 bits per heavy atom. The van der Waals surface area contributed by atoms with Gasteiger partial charge in [-0.1, -0.05) is 52.5 Å². The Kier molecular flexibility index (Phi) is 9.75. The number of anilines is 1. The van der Waals surface area contributed by atoms with Crippen LogP contribution in [-0.4, -0.2) is 49.5 Å². The Hall–Kier alpha value is -1.71. The minimum atomic E-state index is -3.92. The predicted molar refractivity (Wildman–Crippen MR) is 143 cm³/mol. The van der Waals surface area contributed by atoms with Crippen LogP contribution in [0.4, 0.5) is 5.69 Å². The van der Waals surface area contributed by atoms with Gasteiger partial charge in [0.15, 0.2) is 0 Å². The minimum Gasteiger partial charge on any atom is -0.350 e. The first-order valence-electron chi connectivity index (χ1n) is 10.5. The molecule has 0 aliphatic carbocycles. The van der Waals surface area contributed by atoms with Gasteiger partial charge in [0, 0.05) is 17.1 Å². The van der Waals surface area contributed by atoms with Crippen LogP contribution >= 0.6 is 46.4 Å². The Labute approximate surface area is 226 Å². The number of carbonyl (C=O) groups excluding carboxylic acids is 2. The topological polar surface area (TPSA) is 86.8 Å². The van der Waals surface area contributed by atoms with E-state index in [-0.39, 0.29) is 22.3 Å². The molecule has 0 aliphatic rings.